The molecule has 1 nitrogen and oxygen atoms in total. The highest BCUT2D eigenvalue weighted by Crippen LogP contribution is 2.59. The number of benzene rings is 5. The van der Waals surface area contributed by atoms with E-state index < -0.39 is 0 Å². The Morgan fingerprint density at radius 3 is 2.31 bits per heavy atom. The molecule has 3 atom stereocenters. The first-order valence-corrected chi connectivity index (χ1v) is 13.8. The van der Waals surface area contributed by atoms with Gasteiger partial charge in [-0.2, -0.15) is 0 Å². The zero-order valence-corrected chi connectivity index (χ0v) is 21.8. The molecule has 1 heteroatoms. The molecule has 1 aromatic heterocycles. The molecular weight excluding hydrogens is 472 g/mol. The third-order valence-electron chi connectivity index (χ3n) is 8.91. The molecule has 0 aliphatic heterocycles. The van der Waals surface area contributed by atoms with E-state index in [1.165, 1.54) is 33.4 Å². The van der Waals surface area contributed by atoms with Crippen molar-refractivity contribution in [3.63, 3.8) is 0 Å². The molecule has 0 saturated heterocycles. The summed E-state index contributed by atoms with van der Waals surface area (Å²) in [6.07, 6.45) is 9.25. The van der Waals surface area contributed by atoms with Crippen molar-refractivity contribution < 1.29 is 4.42 Å². The minimum Gasteiger partial charge on any atom is -0.455 e. The summed E-state index contributed by atoms with van der Waals surface area (Å²) in [5.74, 6) is 0.669. The largest absolute Gasteiger partial charge is 0.455 e. The SMILES string of the molecule is Cc1cccc(C2(c3ccc(-c4cccc5c4oc4ccccc45)cc3)c3ccccc3C3C=CC=CC32)c1. The average molecular weight is 501 g/mol. The Morgan fingerprint density at radius 2 is 1.41 bits per heavy atom. The summed E-state index contributed by atoms with van der Waals surface area (Å²) in [6, 6.07) is 42.2. The quantitative estimate of drug-likeness (QED) is 0.236. The maximum Gasteiger partial charge on any atom is 0.143 e. The second-order valence-electron chi connectivity index (χ2n) is 10.9. The minimum atomic E-state index is -0.265. The van der Waals surface area contributed by atoms with E-state index in [4.69, 9.17) is 4.42 Å². The van der Waals surface area contributed by atoms with Crippen LogP contribution in [0.15, 0.2) is 144 Å². The van der Waals surface area contributed by atoms with Gasteiger partial charge in [-0.05, 0) is 40.8 Å². The number of furan rings is 1. The Morgan fingerprint density at radius 1 is 0.641 bits per heavy atom. The van der Waals surface area contributed by atoms with E-state index in [2.05, 4.69) is 134 Å². The molecule has 0 radical (unpaired) electrons. The van der Waals surface area contributed by atoms with Gasteiger partial charge in [0.2, 0.25) is 0 Å². The van der Waals surface area contributed by atoms with E-state index in [9.17, 15) is 0 Å². The van der Waals surface area contributed by atoms with Crippen LogP contribution in [-0.4, -0.2) is 0 Å². The zero-order chi connectivity index (χ0) is 26.0. The maximum atomic E-state index is 6.37. The number of aryl methyl sites for hydroxylation is 1. The molecule has 2 aliphatic carbocycles. The highest BCUT2D eigenvalue weighted by molar-refractivity contribution is 6.09. The summed E-state index contributed by atoms with van der Waals surface area (Å²) in [6.45, 7) is 2.20. The molecule has 0 bridgehead atoms. The second-order valence-corrected chi connectivity index (χ2v) is 10.9. The standard InChI is InChI=1S/C38H28O/c1-25-10-8-11-28(24-25)38(34-17-5-2-12-30(34)31-13-3-6-18-35(31)38)27-22-20-26(21-23-27)29-15-9-16-33-32-14-4-7-19-36(32)39-37(29)33/h2-24,30,34H,1H3. The van der Waals surface area contributed by atoms with Crippen molar-refractivity contribution in [3.05, 3.63) is 167 Å². The summed E-state index contributed by atoms with van der Waals surface area (Å²) in [4.78, 5) is 0. The predicted octanol–water partition coefficient (Wildman–Crippen LogP) is 9.74. The molecule has 0 N–H and O–H groups in total. The van der Waals surface area contributed by atoms with E-state index in [1.807, 2.05) is 12.1 Å². The number of hydrogen-bond acceptors (Lipinski definition) is 1. The molecule has 1 heterocycles. The molecule has 5 aromatic carbocycles. The van der Waals surface area contributed by atoms with Gasteiger partial charge in [0.1, 0.15) is 11.2 Å². The van der Waals surface area contributed by atoms with E-state index in [0.717, 1.165) is 27.5 Å². The average Bonchev–Trinajstić information content (AvgIpc) is 3.52. The van der Waals surface area contributed by atoms with Gasteiger partial charge in [0.25, 0.3) is 0 Å². The lowest BCUT2D eigenvalue weighted by Gasteiger charge is -2.39. The van der Waals surface area contributed by atoms with Crippen molar-refractivity contribution in [2.45, 2.75) is 18.3 Å². The normalized spacial score (nSPS) is 21.4. The first-order chi connectivity index (χ1) is 19.2. The van der Waals surface area contributed by atoms with Crippen LogP contribution in [0.1, 0.15) is 33.7 Å². The monoisotopic (exact) mass is 500 g/mol. The summed E-state index contributed by atoms with van der Waals surface area (Å²) in [5, 5.41) is 2.32. The van der Waals surface area contributed by atoms with Gasteiger partial charge in [0.05, 0.1) is 5.41 Å². The topological polar surface area (TPSA) is 13.1 Å². The summed E-state index contributed by atoms with van der Waals surface area (Å²) >= 11 is 0. The van der Waals surface area contributed by atoms with Crippen LogP contribution in [0.4, 0.5) is 0 Å². The van der Waals surface area contributed by atoms with Gasteiger partial charge in [0.15, 0.2) is 0 Å². The van der Waals surface area contributed by atoms with Crippen LogP contribution in [-0.2, 0) is 5.41 Å². The van der Waals surface area contributed by atoms with E-state index in [-0.39, 0.29) is 5.41 Å². The maximum absolute atomic E-state index is 6.37. The van der Waals surface area contributed by atoms with Crippen molar-refractivity contribution in [1.29, 1.82) is 0 Å². The highest BCUT2D eigenvalue weighted by Gasteiger charge is 2.52. The van der Waals surface area contributed by atoms with Gasteiger partial charge in [0, 0.05) is 28.2 Å². The zero-order valence-electron chi connectivity index (χ0n) is 21.8. The highest BCUT2D eigenvalue weighted by atomic mass is 16.3. The van der Waals surface area contributed by atoms with E-state index in [0.29, 0.717) is 11.8 Å². The molecule has 0 fully saturated rings. The van der Waals surface area contributed by atoms with Crippen LogP contribution in [0.3, 0.4) is 0 Å². The smallest absolute Gasteiger partial charge is 0.143 e. The predicted molar refractivity (Wildman–Crippen MR) is 161 cm³/mol. The first-order valence-electron chi connectivity index (χ1n) is 13.8. The third kappa shape index (κ3) is 3.14. The molecule has 0 saturated carbocycles. The summed E-state index contributed by atoms with van der Waals surface area (Å²) in [5.41, 5.74) is 10.7. The van der Waals surface area contributed by atoms with Crippen LogP contribution < -0.4 is 0 Å². The number of allylic oxidation sites excluding steroid dienone is 4. The minimum absolute atomic E-state index is 0.265. The van der Waals surface area contributed by atoms with Gasteiger partial charge in [-0.3, -0.25) is 0 Å². The lowest BCUT2D eigenvalue weighted by atomic mass is 9.63. The first kappa shape index (κ1) is 22.4. The van der Waals surface area contributed by atoms with E-state index >= 15 is 0 Å². The number of fused-ring (bicyclic) bond motifs is 6. The number of hydrogen-bond donors (Lipinski definition) is 0. The number of rotatable bonds is 3. The van der Waals surface area contributed by atoms with Gasteiger partial charge >= 0.3 is 0 Å². The molecule has 39 heavy (non-hydrogen) atoms. The summed E-state index contributed by atoms with van der Waals surface area (Å²) < 4.78 is 6.37. The van der Waals surface area contributed by atoms with Gasteiger partial charge < -0.3 is 4.42 Å². The van der Waals surface area contributed by atoms with Gasteiger partial charge in [-0.15, -0.1) is 0 Å². The van der Waals surface area contributed by atoms with Crippen LogP contribution in [0.5, 0.6) is 0 Å². The van der Waals surface area contributed by atoms with Gasteiger partial charge in [-0.25, -0.2) is 0 Å². The number of para-hydroxylation sites is 2. The summed E-state index contributed by atoms with van der Waals surface area (Å²) in [7, 11) is 0. The lowest BCUT2D eigenvalue weighted by Crippen LogP contribution is -2.35. The Bertz CT molecular complexity index is 1930. The van der Waals surface area contributed by atoms with Crippen molar-refractivity contribution >= 4 is 21.9 Å². The fourth-order valence-electron chi connectivity index (χ4n) is 7.28. The molecule has 6 aromatic rings. The van der Waals surface area contributed by atoms with Crippen molar-refractivity contribution in [1.82, 2.24) is 0 Å². The third-order valence-corrected chi connectivity index (χ3v) is 8.91. The van der Waals surface area contributed by atoms with Crippen LogP contribution in [0.2, 0.25) is 0 Å². The van der Waals surface area contributed by atoms with Gasteiger partial charge in [-0.1, -0.05) is 139 Å². The fourth-order valence-corrected chi connectivity index (χ4v) is 7.28. The van der Waals surface area contributed by atoms with Crippen molar-refractivity contribution in [3.8, 4) is 11.1 Å². The molecule has 8 rings (SSSR count). The van der Waals surface area contributed by atoms with Crippen molar-refractivity contribution in [2.75, 3.05) is 0 Å². The second kappa shape index (κ2) is 8.44. The Labute approximate surface area is 228 Å². The molecule has 0 amide bonds. The molecule has 3 unspecified atom stereocenters. The van der Waals surface area contributed by atoms with Crippen molar-refractivity contribution in [2.24, 2.45) is 5.92 Å². The molecule has 0 spiro atoms. The van der Waals surface area contributed by atoms with E-state index in [1.54, 1.807) is 0 Å². The van der Waals surface area contributed by atoms with Crippen LogP contribution in [0, 0.1) is 12.8 Å². The molecule has 186 valence electrons. The lowest BCUT2D eigenvalue weighted by molar-refractivity contribution is 0.456. The Hall–Kier alpha value is -4.62. The Balaban J connectivity index is 1.35. The van der Waals surface area contributed by atoms with Crippen LogP contribution in [0.25, 0.3) is 33.1 Å². The molecule has 2 aliphatic rings. The fraction of sp³-hybridized carbons (Fsp3) is 0.105. The van der Waals surface area contributed by atoms with Crippen LogP contribution >= 0.6 is 0 Å². The molecular formula is C38H28O. The Kier molecular flexibility index (Phi) is 4.84.